The van der Waals surface area contributed by atoms with Gasteiger partial charge >= 0.3 is 0 Å². The molecule has 3 aliphatic rings. The molecule has 3 saturated carbocycles. The van der Waals surface area contributed by atoms with Crippen LogP contribution in [0, 0.1) is 29.1 Å². The first-order valence-electron chi connectivity index (χ1n) is 14.2. The van der Waals surface area contributed by atoms with Crippen molar-refractivity contribution >= 4 is 0 Å². The standard InChI is InChI=1S/C30H52O3/c1-5-6-7-9-23(13-16-29(33)21(2)3)27-14-15-28-24(10-8-17-30(27,28)4)12-11-22-18-25(31)20-26(32)19-22/h11-12,21,23,25-29,31-33H,5-10,13-20H2,1-4H3/b24-12+/t23-,25+,26+,27+,28-,29+,30+/m0/s1. The second-order valence-corrected chi connectivity index (χ2v) is 12.3. The quantitative estimate of drug-likeness (QED) is 0.309. The number of hydrogen-bond donors (Lipinski definition) is 3. The minimum Gasteiger partial charge on any atom is -0.393 e. The van der Waals surface area contributed by atoms with Crippen LogP contribution in [-0.4, -0.2) is 33.6 Å². The second kappa shape index (κ2) is 12.4. The zero-order chi connectivity index (χ0) is 24.0. The molecule has 0 aliphatic heterocycles. The monoisotopic (exact) mass is 460 g/mol. The molecule has 3 nitrogen and oxygen atoms in total. The summed E-state index contributed by atoms with van der Waals surface area (Å²) < 4.78 is 0. The maximum absolute atomic E-state index is 10.5. The minimum atomic E-state index is -0.393. The van der Waals surface area contributed by atoms with Crippen LogP contribution in [-0.2, 0) is 0 Å². The van der Waals surface area contributed by atoms with Crippen molar-refractivity contribution in [3.05, 3.63) is 23.3 Å². The van der Waals surface area contributed by atoms with Crippen molar-refractivity contribution < 1.29 is 15.3 Å². The van der Waals surface area contributed by atoms with Crippen LogP contribution in [0.3, 0.4) is 0 Å². The molecule has 0 bridgehead atoms. The fraction of sp³-hybridized carbons (Fsp3) is 0.867. The number of aliphatic hydroxyl groups is 3. The number of rotatable bonds is 10. The average molecular weight is 461 g/mol. The molecule has 0 unspecified atom stereocenters. The predicted octanol–water partition coefficient (Wildman–Crippen LogP) is 6.95. The Morgan fingerprint density at radius 2 is 1.73 bits per heavy atom. The topological polar surface area (TPSA) is 60.7 Å². The molecule has 3 fully saturated rings. The Morgan fingerprint density at radius 1 is 1.00 bits per heavy atom. The summed E-state index contributed by atoms with van der Waals surface area (Å²) in [5.41, 5.74) is 3.20. The third-order valence-electron chi connectivity index (χ3n) is 9.46. The van der Waals surface area contributed by atoms with Crippen LogP contribution in [0.4, 0.5) is 0 Å². The Bertz CT molecular complexity index is 653. The van der Waals surface area contributed by atoms with Crippen LogP contribution in [0.25, 0.3) is 0 Å². The van der Waals surface area contributed by atoms with Gasteiger partial charge in [-0.25, -0.2) is 0 Å². The van der Waals surface area contributed by atoms with Gasteiger partial charge in [0.2, 0.25) is 0 Å². The molecule has 7 atom stereocenters. The first-order chi connectivity index (χ1) is 15.7. The summed E-state index contributed by atoms with van der Waals surface area (Å²) in [5, 5.41) is 30.6. The molecule has 3 rings (SSSR count). The zero-order valence-electron chi connectivity index (χ0n) is 21.9. The maximum atomic E-state index is 10.5. The summed E-state index contributed by atoms with van der Waals surface area (Å²) in [6, 6.07) is 0. The van der Waals surface area contributed by atoms with Gasteiger partial charge in [0, 0.05) is 0 Å². The van der Waals surface area contributed by atoms with E-state index < -0.39 is 12.2 Å². The molecule has 33 heavy (non-hydrogen) atoms. The van der Waals surface area contributed by atoms with Gasteiger partial charge < -0.3 is 15.3 Å². The summed E-state index contributed by atoms with van der Waals surface area (Å²) in [6.07, 6.45) is 19.4. The highest BCUT2D eigenvalue weighted by Gasteiger charge is 2.51. The molecule has 0 aromatic rings. The molecule has 3 N–H and O–H groups in total. The van der Waals surface area contributed by atoms with E-state index in [4.69, 9.17) is 0 Å². The fourth-order valence-corrected chi connectivity index (χ4v) is 7.51. The molecule has 0 saturated heterocycles. The highest BCUT2D eigenvalue weighted by Crippen LogP contribution is 2.60. The van der Waals surface area contributed by atoms with Gasteiger partial charge in [0.15, 0.2) is 0 Å². The minimum absolute atomic E-state index is 0.168. The predicted molar refractivity (Wildman–Crippen MR) is 138 cm³/mol. The van der Waals surface area contributed by atoms with Crippen molar-refractivity contribution in [2.45, 2.75) is 136 Å². The van der Waals surface area contributed by atoms with Gasteiger partial charge in [-0.2, -0.15) is 0 Å². The molecule has 0 heterocycles. The zero-order valence-corrected chi connectivity index (χ0v) is 21.9. The van der Waals surface area contributed by atoms with Gasteiger partial charge in [-0.1, -0.05) is 76.7 Å². The highest BCUT2D eigenvalue weighted by molar-refractivity contribution is 5.26. The normalized spacial score (nSPS) is 35.6. The van der Waals surface area contributed by atoms with Crippen LogP contribution in [0.2, 0.25) is 0 Å². The van der Waals surface area contributed by atoms with Crippen molar-refractivity contribution in [3.8, 4) is 0 Å². The number of hydrogen-bond acceptors (Lipinski definition) is 3. The SMILES string of the molecule is CCCCC[C@@H](CC[C@@H](O)C(C)C)[C@H]1CC[C@H]2/C(=C/C=C3C[C@@H](O)C[C@H](O)C3)CCC[C@]12C. The molecule has 190 valence electrons. The average Bonchev–Trinajstić information content (AvgIpc) is 3.11. The number of aliphatic hydroxyl groups excluding tert-OH is 3. The Balaban J connectivity index is 1.73. The molecule has 0 radical (unpaired) electrons. The number of allylic oxidation sites excluding steroid dienone is 3. The van der Waals surface area contributed by atoms with E-state index >= 15 is 0 Å². The van der Waals surface area contributed by atoms with Gasteiger partial charge in [-0.05, 0) is 93.3 Å². The number of unbranched alkanes of at least 4 members (excludes halogenated alkanes) is 2. The van der Waals surface area contributed by atoms with Crippen molar-refractivity contribution in [2.75, 3.05) is 0 Å². The van der Waals surface area contributed by atoms with Crippen molar-refractivity contribution in [1.29, 1.82) is 0 Å². The molecule has 3 heteroatoms. The fourth-order valence-electron chi connectivity index (χ4n) is 7.51. The molecule has 3 aliphatic carbocycles. The summed E-state index contributed by atoms with van der Waals surface area (Å²) in [5.74, 6) is 2.53. The lowest BCUT2D eigenvalue weighted by atomic mass is 9.60. The largest absolute Gasteiger partial charge is 0.393 e. The van der Waals surface area contributed by atoms with Crippen molar-refractivity contribution in [1.82, 2.24) is 0 Å². The van der Waals surface area contributed by atoms with E-state index in [2.05, 4.69) is 39.8 Å². The second-order valence-electron chi connectivity index (χ2n) is 12.3. The van der Waals surface area contributed by atoms with Crippen molar-refractivity contribution in [2.24, 2.45) is 29.1 Å². The molecule has 0 spiro atoms. The summed E-state index contributed by atoms with van der Waals surface area (Å²) >= 11 is 0. The van der Waals surface area contributed by atoms with Crippen LogP contribution in [0.1, 0.15) is 118 Å². The third-order valence-corrected chi connectivity index (χ3v) is 9.46. The van der Waals surface area contributed by atoms with E-state index in [1.807, 2.05) is 0 Å². The Morgan fingerprint density at radius 3 is 2.39 bits per heavy atom. The number of fused-ring (bicyclic) bond motifs is 1. The van der Waals surface area contributed by atoms with E-state index in [0.717, 1.165) is 18.3 Å². The highest BCUT2D eigenvalue weighted by atomic mass is 16.3. The van der Waals surface area contributed by atoms with E-state index in [-0.39, 0.29) is 6.10 Å². The smallest absolute Gasteiger partial charge is 0.0602 e. The van der Waals surface area contributed by atoms with E-state index in [1.54, 1.807) is 5.57 Å². The van der Waals surface area contributed by atoms with Crippen LogP contribution in [0.5, 0.6) is 0 Å². The lowest BCUT2D eigenvalue weighted by Crippen LogP contribution is -2.37. The van der Waals surface area contributed by atoms with Crippen molar-refractivity contribution in [3.63, 3.8) is 0 Å². The molecule has 0 aromatic heterocycles. The third kappa shape index (κ3) is 6.95. The summed E-state index contributed by atoms with van der Waals surface area (Å²) in [7, 11) is 0. The van der Waals surface area contributed by atoms with Gasteiger partial charge in [0.05, 0.1) is 18.3 Å². The Hall–Kier alpha value is -0.640. The van der Waals surface area contributed by atoms with Gasteiger partial charge in [0.25, 0.3) is 0 Å². The maximum Gasteiger partial charge on any atom is 0.0602 e. The lowest BCUT2D eigenvalue weighted by Gasteiger charge is -2.45. The van der Waals surface area contributed by atoms with Crippen LogP contribution >= 0.6 is 0 Å². The molecular weight excluding hydrogens is 408 g/mol. The molecule has 0 amide bonds. The summed E-state index contributed by atoms with van der Waals surface area (Å²) in [4.78, 5) is 0. The van der Waals surface area contributed by atoms with Crippen LogP contribution in [0.15, 0.2) is 23.3 Å². The van der Waals surface area contributed by atoms with Gasteiger partial charge in [-0.15, -0.1) is 0 Å². The first-order valence-corrected chi connectivity index (χ1v) is 14.2. The Kier molecular flexibility index (Phi) is 10.1. The van der Waals surface area contributed by atoms with Crippen LogP contribution < -0.4 is 0 Å². The summed E-state index contributed by atoms with van der Waals surface area (Å²) in [6.45, 7) is 9.15. The molecule has 0 aromatic carbocycles. The van der Waals surface area contributed by atoms with Gasteiger partial charge in [0.1, 0.15) is 0 Å². The molecular formula is C30H52O3. The Labute approximate surface area is 203 Å². The van der Waals surface area contributed by atoms with E-state index in [0.29, 0.717) is 36.5 Å². The lowest BCUT2D eigenvalue weighted by molar-refractivity contribution is 0.0606. The van der Waals surface area contributed by atoms with E-state index in [9.17, 15) is 15.3 Å². The van der Waals surface area contributed by atoms with Gasteiger partial charge in [-0.3, -0.25) is 0 Å². The van der Waals surface area contributed by atoms with E-state index in [1.165, 1.54) is 69.8 Å². The first kappa shape index (κ1) is 27.0.